The van der Waals surface area contributed by atoms with Crippen LogP contribution in [-0.2, 0) is 6.42 Å². The van der Waals surface area contributed by atoms with Gasteiger partial charge in [0.05, 0.1) is 9.13 Å². The molecule has 1 aromatic rings. The smallest absolute Gasteiger partial charge is 0.118 e. The Morgan fingerprint density at radius 2 is 1.88 bits per heavy atom. The molecule has 0 fully saturated rings. The van der Waals surface area contributed by atoms with Crippen molar-refractivity contribution < 1.29 is 4.42 Å². The average Bonchev–Trinajstić information content (AvgIpc) is 2.58. The van der Waals surface area contributed by atoms with Crippen LogP contribution in [-0.4, -0.2) is 0 Å². The molecular weight excluding hydrogens is 323 g/mol. The van der Waals surface area contributed by atoms with Gasteiger partial charge in [-0.1, -0.05) is 38.5 Å². The minimum Gasteiger partial charge on any atom is -0.464 e. The normalized spacial score (nSPS) is 10.1. The summed E-state index contributed by atoms with van der Waals surface area (Å²) in [6, 6.07) is 0. The molecule has 0 atom stereocenters. The molecule has 1 nitrogen and oxygen atoms in total. The minimum atomic E-state index is 0.976. The summed E-state index contributed by atoms with van der Waals surface area (Å²) in [5.74, 6) is 8.59. The fourth-order valence-electron chi connectivity index (χ4n) is 1.63. The summed E-state index contributed by atoms with van der Waals surface area (Å²) < 4.78 is 7.01. The van der Waals surface area contributed by atoms with E-state index in [2.05, 4.69) is 48.3 Å². The molecule has 0 radical (unpaired) electrons. The van der Waals surface area contributed by atoms with Crippen molar-refractivity contribution in [3.63, 3.8) is 0 Å². The van der Waals surface area contributed by atoms with Crippen LogP contribution < -0.4 is 0 Å². The van der Waals surface area contributed by atoms with Gasteiger partial charge in [0.1, 0.15) is 11.5 Å². The number of unbranched alkanes of at least 4 members (excludes halogenated alkanes) is 3. The lowest BCUT2D eigenvalue weighted by Crippen LogP contribution is -1.85. The van der Waals surface area contributed by atoms with Gasteiger partial charge in [0.15, 0.2) is 0 Å². The van der Waals surface area contributed by atoms with Gasteiger partial charge in [0.25, 0.3) is 0 Å². The van der Waals surface area contributed by atoms with Crippen LogP contribution in [0.3, 0.4) is 0 Å². The van der Waals surface area contributed by atoms with Gasteiger partial charge in [0.2, 0.25) is 0 Å². The summed E-state index contributed by atoms with van der Waals surface area (Å²) in [6.07, 6.45) is 6.80. The highest BCUT2D eigenvalue weighted by Crippen LogP contribution is 2.24. The Morgan fingerprint density at radius 3 is 2.53 bits per heavy atom. The van der Waals surface area contributed by atoms with Gasteiger partial charge in [-0.3, -0.25) is 0 Å². The third-order valence-electron chi connectivity index (χ3n) is 2.72. The van der Waals surface area contributed by atoms with Crippen molar-refractivity contribution in [3.8, 4) is 11.8 Å². The van der Waals surface area contributed by atoms with E-state index in [1.165, 1.54) is 29.3 Å². The van der Waals surface area contributed by atoms with Crippen molar-refractivity contribution >= 4 is 22.6 Å². The molecule has 17 heavy (non-hydrogen) atoms. The Bertz CT molecular complexity index is 407. The summed E-state index contributed by atoms with van der Waals surface area (Å²) in [6.45, 7) is 6.41. The van der Waals surface area contributed by atoms with Crippen molar-refractivity contribution in [1.29, 1.82) is 0 Å². The predicted molar refractivity (Wildman–Crippen MR) is 81.2 cm³/mol. The molecule has 0 aliphatic heterocycles. The molecular formula is C15H21IO. The van der Waals surface area contributed by atoms with Gasteiger partial charge in [-0.15, -0.1) is 0 Å². The van der Waals surface area contributed by atoms with Gasteiger partial charge in [-0.2, -0.15) is 0 Å². The van der Waals surface area contributed by atoms with E-state index in [0.717, 1.165) is 29.9 Å². The van der Waals surface area contributed by atoms with Crippen LogP contribution in [0.1, 0.15) is 63.0 Å². The monoisotopic (exact) mass is 344 g/mol. The standard InChI is InChI=1S/C15H21IO/c1-4-6-8-9-10-13-12(3)17-14(15(13)16)11-7-5-2/h4-8,11H2,1-3H3. The molecule has 0 unspecified atom stereocenters. The van der Waals surface area contributed by atoms with E-state index in [1.54, 1.807) is 0 Å². The largest absolute Gasteiger partial charge is 0.464 e. The maximum absolute atomic E-state index is 5.79. The van der Waals surface area contributed by atoms with Crippen LogP contribution in [0.15, 0.2) is 4.42 Å². The number of hydrogen-bond donors (Lipinski definition) is 0. The van der Waals surface area contributed by atoms with Gasteiger partial charge in [-0.05, 0) is 42.4 Å². The highest BCUT2D eigenvalue weighted by Gasteiger charge is 2.13. The van der Waals surface area contributed by atoms with E-state index in [1.807, 2.05) is 6.92 Å². The number of aryl methyl sites for hydroxylation is 2. The van der Waals surface area contributed by atoms with E-state index < -0.39 is 0 Å². The van der Waals surface area contributed by atoms with Crippen molar-refractivity contribution in [1.82, 2.24) is 0 Å². The predicted octanol–water partition coefficient (Wildman–Crippen LogP) is 5.08. The first-order valence-electron chi connectivity index (χ1n) is 6.47. The molecule has 0 aromatic carbocycles. The fraction of sp³-hybridized carbons (Fsp3) is 0.600. The first kappa shape index (κ1) is 14.6. The molecule has 0 saturated carbocycles. The zero-order valence-electron chi connectivity index (χ0n) is 11.0. The van der Waals surface area contributed by atoms with Crippen molar-refractivity contribution in [2.45, 2.75) is 59.3 Å². The number of furan rings is 1. The molecule has 2 heteroatoms. The molecule has 0 spiro atoms. The summed E-state index contributed by atoms with van der Waals surface area (Å²) in [5, 5.41) is 0. The lowest BCUT2D eigenvalue weighted by molar-refractivity contribution is 0.473. The molecule has 1 rings (SSSR count). The van der Waals surface area contributed by atoms with Crippen LogP contribution >= 0.6 is 22.6 Å². The molecule has 0 N–H and O–H groups in total. The van der Waals surface area contributed by atoms with Gasteiger partial charge < -0.3 is 4.42 Å². The van der Waals surface area contributed by atoms with Crippen LogP contribution in [0, 0.1) is 22.3 Å². The second-order valence-electron chi connectivity index (χ2n) is 4.28. The molecule has 0 aliphatic rings. The Kier molecular flexibility index (Phi) is 6.72. The van der Waals surface area contributed by atoms with Crippen molar-refractivity contribution in [3.05, 3.63) is 20.7 Å². The summed E-state index contributed by atoms with van der Waals surface area (Å²) >= 11 is 2.37. The van der Waals surface area contributed by atoms with Crippen LogP contribution in [0.25, 0.3) is 0 Å². The van der Waals surface area contributed by atoms with Gasteiger partial charge in [-0.25, -0.2) is 0 Å². The molecule has 0 saturated heterocycles. The van der Waals surface area contributed by atoms with E-state index >= 15 is 0 Å². The number of halogens is 1. The SMILES string of the molecule is CCCCC#Cc1c(C)oc(CCCC)c1I. The van der Waals surface area contributed by atoms with Crippen LogP contribution in [0.5, 0.6) is 0 Å². The topological polar surface area (TPSA) is 13.1 Å². The van der Waals surface area contributed by atoms with E-state index in [4.69, 9.17) is 4.42 Å². The van der Waals surface area contributed by atoms with Gasteiger partial charge >= 0.3 is 0 Å². The molecule has 94 valence electrons. The second-order valence-corrected chi connectivity index (χ2v) is 5.36. The van der Waals surface area contributed by atoms with E-state index in [0.29, 0.717) is 0 Å². The van der Waals surface area contributed by atoms with E-state index in [-0.39, 0.29) is 0 Å². The second kappa shape index (κ2) is 7.81. The zero-order chi connectivity index (χ0) is 12.7. The average molecular weight is 344 g/mol. The quantitative estimate of drug-likeness (QED) is 0.413. The summed E-state index contributed by atoms with van der Waals surface area (Å²) in [5.41, 5.74) is 1.10. The Morgan fingerprint density at radius 1 is 1.18 bits per heavy atom. The Labute approximate surface area is 119 Å². The van der Waals surface area contributed by atoms with Crippen LogP contribution in [0.2, 0.25) is 0 Å². The highest BCUT2D eigenvalue weighted by molar-refractivity contribution is 14.1. The molecule has 1 aromatic heterocycles. The number of hydrogen-bond acceptors (Lipinski definition) is 1. The summed E-state index contributed by atoms with van der Waals surface area (Å²) in [4.78, 5) is 0. The van der Waals surface area contributed by atoms with E-state index in [9.17, 15) is 0 Å². The molecule has 1 heterocycles. The van der Waals surface area contributed by atoms with Gasteiger partial charge in [0, 0.05) is 12.8 Å². The third-order valence-corrected chi connectivity index (χ3v) is 3.86. The molecule has 0 aliphatic carbocycles. The third kappa shape index (κ3) is 4.39. The maximum atomic E-state index is 5.79. The van der Waals surface area contributed by atoms with Crippen molar-refractivity contribution in [2.24, 2.45) is 0 Å². The van der Waals surface area contributed by atoms with Crippen LogP contribution in [0.4, 0.5) is 0 Å². The first-order valence-corrected chi connectivity index (χ1v) is 7.55. The molecule has 0 bridgehead atoms. The zero-order valence-corrected chi connectivity index (χ0v) is 13.2. The number of rotatable bonds is 5. The lowest BCUT2D eigenvalue weighted by Gasteiger charge is -1.94. The highest BCUT2D eigenvalue weighted by atomic mass is 127. The van der Waals surface area contributed by atoms with Crippen molar-refractivity contribution in [2.75, 3.05) is 0 Å². The maximum Gasteiger partial charge on any atom is 0.118 e. The fourth-order valence-corrected chi connectivity index (χ4v) is 2.53. The lowest BCUT2D eigenvalue weighted by atomic mass is 10.2. The Hall–Kier alpha value is -0.430. The minimum absolute atomic E-state index is 0.976. The Balaban J connectivity index is 2.77. The first-order chi connectivity index (χ1) is 8.20. The molecule has 0 amide bonds. The summed E-state index contributed by atoms with van der Waals surface area (Å²) in [7, 11) is 0.